The Morgan fingerprint density at radius 2 is 2.00 bits per heavy atom. The summed E-state index contributed by atoms with van der Waals surface area (Å²) in [4.78, 5) is 39.2. The Bertz CT molecular complexity index is 958. The number of hydrogen-bond acceptors (Lipinski definition) is 5. The zero-order valence-electron chi connectivity index (χ0n) is 14.5. The van der Waals surface area contributed by atoms with Crippen LogP contribution in [0.1, 0.15) is 59.3 Å². The number of ketones is 1. The zero-order valence-corrected chi connectivity index (χ0v) is 14.5. The number of fused-ring (bicyclic) bond motifs is 1. The largest absolute Gasteiger partial charge is 0.477 e. The Morgan fingerprint density at radius 3 is 2.62 bits per heavy atom. The first kappa shape index (κ1) is 17.6. The van der Waals surface area contributed by atoms with E-state index in [0.29, 0.717) is 17.8 Å². The number of nitrogens with one attached hydrogen (secondary N) is 1. The lowest BCUT2D eigenvalue weighted by Gasteiger charge is -2.26. The van der Waals surface area contributed by atoms with Crippen LogP contribution in [0.2, 0.25) is 0 Å². The molecule has 0 radical (unpaired) electrons. The van der Waals surface area contributed by atoms with Gasteiger partial charge in [0.05, 0.1) is 0 Å². The molecule has 2 heterocycles. The van der Waals surface area contributed by atoms with Gasteiger partial charge in [-0.2, -0.15) is 0 Å². The summed E-state index contributed by atoms with van der Waals surface area (Å²) in [5.41, 5.74) is 1.40. The number of benzene rings is 1. The van der Waals surface area contributed by atoms with Crippen molar-refractivity contribution in [2.75, 3.05) is 5.32 Å². The van der Waals surface area contributed by atoms with E-state index in [1.165, 1.54) is 11.5 Å². The predicted octanol–water partition coefficient (Wildman–Crippen LogP) is 2.95. The molecule has 2 aromatic rings. The number of carbonyl (C=O) groups is 2. The number of Topliss-reactive ketones (excluding diaryl/α,β-unsaturated/α-hetero) is 1. The summed E-state index contributed by atoms with van der Waals surface area (Å²) in [7, 11) is 0. The fourth-order valence-electron chi connectivity index (χ4n) is 2.98. The number of carboxylic acids is 1. The molecular formula is C19H19N3O4. The van der Waals surface area contributed by atoms with E-state index in [1.54, 1.807) is 30.5 Å². The van der Waals surface area contributed by atoms with E-state index in [4.69, 9.17) is 5.11 Å². The topological polar surface area (TPSA) is 101 Å². The lowest BCUT2D eigenvalue weighted by Crippen LogP contribution is -2.34. The Kier molecular flexibility index (Phi) is 4.71. The van der Waals surface area contributed by atoms with Gasteiger partial charge in [0.1, 0.15) is 11.4 Å². The van der Waals surface area contributed by atoms with Crippen LogP contribution < -0.4 is 10.9 Å². The van der Waals surface area contributed by atoms with Crippen LogP contribution in [0, 0.1) is 0 Å². The van der Waals surface area contributed by atoms with Crippen molar-refractivity contribution in [2.45, 2.75) is 32.7 Å². The lowest BCUT2D eigenvalue weighted by molar-refractivity contribution is 0.0693. The van der Waals surface area contributed by atoms with Crippen molar-refractivity contribution in [2.24, 2.45) is 0 Å². The van der Waals surface area contributed by atoms with Gasteiger partial charge < -0.3 is 10.4 Å². The molecule has 0 saturated heterocycles. The second-order valence-electron chi connectivity index (χ2n) is 6.31. The molecule has 1 aromatic carbocycles. The molecule has 0 spiro atoms. The molecule has 1 aliphatic rings. The third kappa shape index (κ3) is 3.28. The quantitative estimate of drug-likeness (QED) is 0.820. The van der Waals surface area contributed by atoms with Crippen LogP contribution in [-0.2, 0) is 0 Å². The van der Waals surface area contributed by atoms with Crippen LogP contribution in [0.5, 0.6) is 0 Å². The second kappa shape index (κ2) is 6.95. The average molecular weight is 353 g/mol. The average Bonchev–Trinajstić information content (AvgIpc) is 2.61. The summed E-state index contributed by atoms with van der Waals surface area (Å²) in [5, 5.41) is 12.3. The Labute approximate surface area is 150 Å². The third-order valence-corrected chi connectivity index (χ3v) is 4.49. The summed E-state index contributed by atoms with van der Waals surface area (Å²) in [6, 6.07) is 6.96. The SMILES string of the molecule is CC(=O)c1ccc(NC=C2CCC(C)n3c2ncc(C(=O)O)c3=O)cc1. The number of rotatable bonds is 4. The molecular weight excluding hydrogens is 334 g/mol. The zero-order chi connectivity index (χ0) is 18.8. The summed E-state index contributed by atoms with van der Waals surface area (Å²) in [5.74, 6) is -0.792. The summed E-state index contributed by atoms with van der Waals surface area (Å²) in [6.07, 6.45) is 4.32. The fraction of sp³-hybridized carbons (Fsp3) is 0.263. The van der Waals surface area contributed by atoms with Crippen molar-refractivity contribution in [3.63, 3.8) is 0 Å². The number of aromatic carboxylic acids is 1. The predicted molar refractivity (Wildman–Crippen MR) is 97.4 cm³/mol. The van der Waals surface area contributed by atoms with Crippen LogP contribution in [0.25, 0.3) is 5.57 Å². The van der Waals surface area contributed by atoms with Crippen molar-refractivity contribution in [1.29, 1.82) is 0 Å². The van der Waals surface area contributed by atoms with E-state index in [9.17, 15) is 14.4 Å². The minimum atomic E-state index is -1.27. The minimum Gasteiger partial charge on any atom is -0.477 e. The molecule has 1 unspecified atom stereocenters. The number of aromatic nitrogens is 2. The Morgan fingerprint density at radius 1 is 1.31 bits per heavy atom. The number of anilines is 1. The highest BCUT2D eigenvalue weighted by atomic mass is 16.4. The summed E-state index contributed by atoms with van der Waals surface area (Å²) < 4.78 is 1.44. The van der Waals surface area contributed by atoms with Gasteiger partial charge in [-0.25, -0.2) is 9.78 Å². The van der Waals surface area contributed by atoms with Gasteiger partial charge in [0.25, 0.3) is 5.56 Å². The fourth-order valence-corrected chi connectivity index (χ4v) is 2.98. The first-order chi connectivity index (χ1) is 12.4. The molecule has 7 nitrogen and oxygen atoms in total. The van der Waals surface area contributed by atoms with Crippen molar-refractivity contribution in [3.8, 4) is 0 Å². The maximum atomic E-state index is 12.4. The minimum absolute atomic E-state index is 0.00269. The third-order valence-electron chi connectivity index (χ3n) is 4.49. The van der Waals surface area contributed by atoms with Gasteiger partial charge in [0, 0.05) is 35.3 Å². The van der Waals surface area contributed by atoms with Crippen LogP contribution in [0.4, 0.5) is 5.69 Å². The van der Waals surface area contributed by atoms with Crippen LogP contribution in [-0.4, -0.2) is 26.4 Å². The van der Waals surface area contributed by atoms with Gasteiger partial charge in [0.15, 0.2) is 5.78 Å². The molecule has 1 atom stereocenters. The van der Waals surface area contributed by atoms with E-state index in [-0.39, 0.29) is 17.4 Å². The normalized spacial score (nSPS) is 17.6. The maximum Gasteiger partial charge on any atom is 0.342 e. The molecule has 1 aliphatic heterocycles. The number of carbonyl (C=O) groups excluding carboxylic acids is 1. The van der Waals surface area contributed by atoms with Crippen LogP contribution in [0.3, 0.4) is 0 Å². The van der Waals surface area contributed by atoms with Crippen molar-refractivity contribution < 1.29 is 14.7 Å². The molecule has 7 heteroatoms. The first-order valence-corrected chi connectivity index (χ1v) is 8.30. The molecule has 26 heavy (non-hydrogen) atoms. The Balaban J connectivity index is 1.93. The summed E-state index contributed by atoms with van der Waals surface area (Å²) >= 11 is 0. The molecule has 0 bridgehead atoms. The molecule has 0 amide bonds. The number of allylic oxidation sites excluding steroid dienone is 1. The highest BCUT2D eigenvalue weighted by Gasteiger charge is 2.25. The van der Waals surface area contributed by atoms with E-state index in [0.717, 1.165) is 23.9 Å². The van der Waals surface area contributed by atoms with Gasteiger partial charge in [0.2, 0.25) is 0 Å². The highest BCUT2D eigenvalue weighted by molar-refractivity contribution is 5.94. The van der Waals surface area contributed by atoms with Gasteiger partial charge in [-0.05, 0) is 51.0 Å². The molecule has 0 saturated carbocycles. The molecule has 3 rings (SSSR count). The summed E-state index contributed by atoms with van der Waals surface area (Å²) in [6.45, 7) is 3.39. The van der Waals surface area contributed by atoms with Gasteiger partial charge in [-0.3, -0.25) is 14.2 Å². The van der Waals surface area contributed by atoms with E-state index >= 15 is 0 Å². The van der Waals surface area contributed by atoms with Gasteiger partial charge in [-0.15, -0.1) is 0 Å². The maximum absolute atomic E-state index is 12.4. The van der Waals surface area contributed by atoms with Crippen LogP contribution in [0.15, 0.2) is 41.5 Å². The van der Waals surface area contributed by atoms with Crippen molar-refractivity contribution >= 4 is 23.0 Å². The number of hydrogen-bond donors (Lipinski definition) is 2. The Hall–Kier alpha value is -3.22. The molecule has 2 N–H and O–H groups in total. The van der Waals surface area contributed by atoms with Crippen molar-refractivity contribution in [3.05, 3.63) is 64.0 Å². The molecule has 0 fully saturated rings. The van der Waals surface area contributed by atoms with Crippen molar-refractivity contribution in [1.82, 2.24) is 9.55 Å². The van der Waals surface area contributed by atoms with Crippen LogP contribution >= 0.6 is 0 Å². The molecule has 0 aliphatic carbocycles. The number of nitrogens with zero attached hydrogens (tertiary/aromatic N) is 2. The van der Waals surface area contributed by atoms with Gasteiger partial charge >= 0.3 is 5.97 Å². The smallest absolute Gasteiger partial charge is 0.342 e. The second-order valence-corrected chi connectivity index (χ2v) is 6.31. The van der Waals surface area contributed by atoms with E-state index in [2.05, 4.69) is 10.3 Å². The molecule has 1 aromatic heterocycles. The standard InChI is InChI=1S/C19H19N3O4/c1-11-3-4-14(9-20-15-7-5-13(6-8-15)12(2)23)17-21-10-16(19(25)26)18(24)22(11)17/h5-11,20H,3-4H2,1-2H3,(H,25,26). The number of carboxylic acid groups (broad SMARTS) is 1. The monoisotopic (exact) mass is 353 g/mol. The molecule has 134 valence electrons. The highest BCUT2D eigenvalue weighted by Crippen LogP contribution is 2.29. The first-order valence-electron chi connectivity index (χ1n) is 8.30. The lowest BCUT2D eigenvalue weighted by atomic mass is 10.0. The van der Waals surface area contributed by atoms with E-state index < -0.39 is 11.5 Å². The van der Waals surface area contributed by atoms with Gasteiger partial charge in [-0.1, -0.05) is 0 Å². The van der Waals surface area contributed by atoms with E-state index in [1.807, 2.05) is 6.92 Å².